The van der Waals surface area contributed by atoms with E-state index in [0.717, 1.165) is 40.9 Å². The molecule has 156 valence electrons. The first-order valence-electron chi connectivity index (χ1n) is 11.0. The van der Waals surface area contributed by atoms with E-state index in [4.69, 9.17) is 5.10 Å². The summed E-state index contributed by atoms with van der Waals surface area (Å²) in [4.78, 5) is 12.8. The van der Waals surface area contributed by atoms with Gasteiger partial charge in [0.1, 0.15) is 6.54 Å². The minimum Gasteiger partial charge on any atom is -0.352 e. The fourth-order valence-electron chi connectivity index (χ4n) is 4.38. The summed E-state index contributed by atoms with van der Waals surface area (Å²) in [7, 11) is 0. The zero-order chi connectivity index (χ0) is 21.1. The first kappa shape index (κ1) is 20.4. The molecule has 4 rings (SSSR count). The molecule has 1 aromatic heterocycles. The maximum Gasteiger partial charge on any atom is 0.241 e. The van der Waals surface area contributed by atoms with Gasteiger partial charge in [0.05, 0.1) is 11.4 Å². The summed E-state index contributed by atoms with van der Waals surface area (Å²) in [5.74, 6) is 0.0493. The minimum atomic E-state index is 0.0493. The lowest BCUT2D eigenvalue weighted by Gasteiger charge is -2.23. The Morgan fingerprint density at radius 3 is 2.07 bits per heavy atom. The van der Waals surface area contributed by atoms with Gasteiger partial charge in [0.2, 0.25) is 5.91 Å². The first-order chi connectivity index (χ1) is 14.5. The first-order valence-corrected chi connectivity index (χ1v) is 11.0. The highest BCUT2D eigenvalue weighted by Gasteiger charge is 2.21. The molecule has 0 radical (unpaired) electrons. The topological polar surface area (TPSA) is 46.9 Å². The third kappa shape index (κ3) is 4.48. The van der Waals surface area contributed by atoms with Gasteiger partial charge >= 0.3 is 0 Å². The summed E-state index contributed by atoms with van der Waals surface area (Å²) >= 11 is 0. The van der Waals surface area contributed by atoms with Crippen LogP contribution in [0.5, 0.6) is 0 Å². The minimum absolute atomic E-state index is 0.0493. The molecule has 0 aliphatic heterocycles. The number of carbonyl (C=O) groups is 1. The van der Waals surface area contributed by atoms with Crippen LogP contribution in [0.4, 0.5) is 0 Å². The summed E-state index contributed by atoms with van der Waals surface area (Å²) in [6.07, 6.45) is 5.87. The number of rotatable bonds is 5. The van der Waals surface area contributed by atoms with E-state index in [9.17, 15) is 4.79 Å². The lowest BCUT2D eigenvalue weighted by Crippen LogP contribution is -2.38. The van der Waals surface area contributed by atoms with Gasteiger partial charge in [-0.1, -0.05) is 78.9 Å². The second kappa shape index (κ2) is 8.86. The van der Waals surface area contributed by atoms with Crippen LogP contribution in [0.1, 0.15) is 48.8 Å². The standard InChI is InChI=1S/C26H31N3O/c1-18-9-13-21(14-10-18)25-20(3)26(22-15-11-19(2)12-16-22)29(28-25)17-24(30)27-23-7-5-4-6-8-23/h9-16,23H,4-8,17H2,1-3H3,(H,27,30). The predicted molar refractivity (Wildman–Crippen MR) is 122 cm³/mol. The van der Waals surface area contributed by atoms with E-state index in [1.807, 2.05) is 4.68 Å². The van der Waals surface area contributed by atoms with E-state index in [0.29, 0.717) is 6.04 Å². The second-order valence-electron chi connectivity index (χ2n) is 8.61. The Hall–Kier alpha value is -2.88. The van der Waals surface area contributed by atoms with Crippen molar-refractivity contribution in [3.63, 3.8) is 0 Å². The monoisotopic (exact) mass is 401 g/mol. The van der Waals surface area contributed by atoms with Crippen LogP contribution in [0, 0.1) is 20.8 Å². The zero-order valence-corrected chi connectivity index (χ0v) is 18.2. The number of nitrogens with zero attached hydrogens (tertiary/aromatic N) is 2. The molecule has 1 N–H and O–H groups in total. The summed E-state index contributed by atoms with van der Waals surface area (Å²) in [6.45, 7) is 6.52. The van der Waals surface area contributed by atoms with Gasteiger partial charge in [-0.2, -0.15) is 5.10 Å². The number of aryl methyl sites for hydroxylation is 2. The van der Waals surface area contributed by atoms with Crippen LogP contribution in [-0.4, -0.2) is 21.7 Å². The fourth-order valence-corrected chi connectivity index (χ4v) is 4.38. The molecule has 0 saturated heterocycles. The number of amides is 1. The van der Waals surface area contributed by atoms with Crippen LogP contribution in [-0.2, 0) is 11.3 Å². The normalized spacial score (nSPS) is 14.6. The molecule has 2 aromatic carbocycles. The van der Waals surface area contributed by atoms with Crippen LogP contribution in [0.15, 0.2) is 48.5 Å². The number of nitrogens with one attached hydrogen (secondary N) is 1. The van der Waals surface area contributed by atoms with Crippen molar-refractivity contribution in [3.05, 3.63) is 65.2 Å². The van der Waals surface area contributed by atoms with Crippen LogP contribution in [0.3, 0.4) is 0 Å². The molecule has 1 heterocycles. The quantitative estimate of drug-likeness (QED) is 0.606. The molecule has 0 bridgehead atoms. The van der Waals surface area contributed by atoms with Gasteiger partial charge in [-0.25, -0.2) is 0 Å². The highest BCUT2D eigenvalue weighted by Crippen LogP contribution is 2.32. The Balaban J connectivity index is 1.68. The number of benzene rings is 2. The smallest absolute Gasteiger partial charge is 0.241 e. The Bertz CT molecular complexity index is 1010. The molecular weight excluding hydrogens is 370 g/mol. The van der Waals surface area contributed by atoms with Crippen molar-refractivity contribution in [2.75, 3.05) is 0 Å². The Kier molecular flexibility index (Phi) is 6.03. The molecule has 1 aliphatic rings. The predicted octanol–water partition coefficient (Wildman–Crippen LogP) is 5.59. The summed E-state index contributed by atoms with van der Waals surface area (Å²) in [5, 5.41) is 8.13. The molecule has 1 aliphatic carbocycles. The van der Waals surface area contributed by atoms with Gasteiger partial charge < -0.3 is 5.32 Å². The molecule has 4 heteroatoms. The Labute approximate surface area is 179 Å². The van der Waals surface area contributed by atoms with E-state index in [1.54, 1.807) is 0 Å². The lowest BCUT2D eigenvalue weighted by molar-refractivity contribution is -0.122. The molecular formula is C26H31N3O. The lowest BCUT2D eigenvalue weighted by atomic mass is 9.95. The van der Waals surface area contributed by atoms with E-state index in [-0.39, 0.29) is 12.5 Å². The number of carbonyl (C=O) groups excluding carboxylic acids is 1. The summed E-state index contributed by atoms with van der Waals surface area (Å²) in [5.41, 5.74) is 7.68. The van der Waals surface area contributed by atoms with E-state index < -0.39 is 0 Å². The van der Waals surface area contributed by atoms with Crippen LogP contribution in [0.25, 0.3) is 22.5 Å². The number of hydrogen-bond acceptors (Lipinski definition) is 2. The maximum absolute atomic E-state index is 12.8. The van der Waals surface area contributed by atoms with Crippen molar-refractivity contribution in [2.45, 2.75) is 65.5 Å². The highest BCUT2D eigenvalue weighted by molar-refractivity contribution is 5.79. The summed E-state index contributed by atoms with van der Waals surface area (Å²) < 4.78 is 1.88. The van der Waals surface area contributed by atoms with Crippen LogP contribution in [0.2, 0.25) is 0 Å². The van der Waals surface area contributed by atoms with Crippen molar-refractivity contribution in [3.8, 4) is 22.5 Å². The van der Waals surface area contributed by atoms with Crippen molar-refractivity contribution in [2.24, 2.45) is 0 Å². The van der Waals surface area contributed by atoms with Crippen molar-refractivity contribution in [1.82, 2.24) is 15.1 Å². The van der Waals surface area contributed by atoms with Crippen molar-refractivity contribution in [1.29, 1.82) is 0 Å². The van der Waals surface area contributed by atoms with E-state index in [2.05, 4.69) is 74.6 Å². The second-order valence-corrected chi connectivity index (χ2v) is 8.61. The molecule has 0 atom stereocenters. The van der Waals surface area contributed by atoms with Crippen molar-refractivity contribution >= 4 is 5.91 Å². The molecule has 3 aromatic rings. The third-order valence-corrected chi connectivity index (χ3v) is 6.10. The zero-order valence-electron chi connectivity index (χ0n) is 18.2. The fraction of sp³-hybridized carbons (Fsp3) is 0.385. The van der Waals surface area contributed by atoms with Gasteiger partial charge in [0, 0.05) is 22.7 Å². The van der Waals surface area contributed by atoms with E-state index in [1.165, 1.54) is 30.4 Å². The number of aromatic nitrogens is 2. The number of hydrogen-bond donors (Lipinski definition) is 1. The molecule has 1 fully saturated rings. The molecule has 0 spiro atoms. The molecule has 1 amide bonds. The Morgan fingerprint density at radius 1 is 0.900 bits per heavy atom. The molecule has 30 heavy (non-hydrogen) atoms. The van der Waals surface area contributed by atoms with Gasteiger partial charge in [-0.15, -0.1) is 0 Å². The van der Waals surface area contributed by atoms with Gasteiger partial charge in [0.15, 0.2) is 0 Å². The van der Waals surface area contributed by atoms with Gasteiger partial charge in [-0.3, -0.25) is 9.48 Å². The van der Waals surface area contributed by atoms with Crippen molar-refractivity contribution < 1.29 is 4.79 Å². The molecule has 0 unspecified atom stereocenters. The average molecular weight is 402 g/mol. The largest absolute Gasteiger partial charge is 0.352 e. The van der Waals surface area contributed by atoms with Gasteiger partial charge in [0.25, 0.3) is 0 Å². The van der Waals surface area contributed by atoms with Crippen LogP contribution < -0.4 is 5.32 Å². The molecule has 4 nitrogen and oxygen atoms in total. The summed E-state index contributed by atoms with van der Waals surface area (Å²) in [6, 6.07) is 17.2. The SMILES string of the molecule is Cc1ccc(-c2nn(CC(=O)NC3CCCCC3)c(-c3ccc(C)cc3)c2C)cc1. The average Bonchev–Trinajstić information content (AvgIpc) is 3.05. The molecule has 1 saturated carbocycles. The van der Waals surface area contributed by atoms with Gasteiger partial charge in [-0.05, 0) is 33.6 Å². The highest BCUT2D eigenvalue weighted by atomic mass is 16.2. The van der Waals surface area contributed by atoms with Crippen LogP contribution >= 0.6 is 0 Å². The van der Waals surface area contributed by atoms with E-state index >= 15 is 0 Å². The Morgan fingerprint density at radius 2 is 1.47 bits per heavy atom. The third-order valence-electron chi connectivity index (χ3n) is 6.10. The maximum atomic E-state index is 12.8.